The van der Waals surface area contributed by atoms with Crippen molar-refractivity contribution in [3.8, 4) is 0 Å². The van der Waals surface area contributed by atoms with Gasteiger partial charge in [-0.15, -0.1) is 0 Å². The topological polar surface area (TPSA) is 74.6 Å². The van der Waals surface area contributed by atoms with Crippen LogP contribution >= 0.6 is 0 Å². The van der Waals surface area contributed by atoms with Crippen molar-refractivity contribution in [3.05, 3.63) is 0 Å². The van der Waals surface area contributed by atoms with Crippen molar-refractivity contribution >= 4 is 63.3 Å². The Morgan fingerprint density at radius 3 is 1.81 bits per heavy atom. The molecule has 90 valence electrons. The number of hydrogen-bond donors (Lipinski definition) is 2. The Bertz CT molecular complexity index is 216. The van der Waals surface area contributed by atoms with Gasteiger partial charge in [-0.05, 0) is 11.8 Å². The summed E-state index contributed by atoms with van der Waals surface area (Å²) in [7, 11) is 0. The van der Waals surface area contributed by atoms with E-state index in [2.05, 4.69) is 0 Å². The van der Waals surface area contributed by atoms with Crippen molar-refractivity contribution in [1.82, 2.24) is 0 Å². The maximum absolute atomic E-state index is 10.8. The molecule has 0 fully saturated rings. The van der Waals surface area contributed by atoms with Crippen LogP contribution in [0.15, 0.2) is 0 Å². The average molecular weight is 256 g/mol. The number of carbonyl (C=O) groups is 2. The molecule has 0 aliphatic carbocycles. The van der Waals surface area contributed by atoms with E-state index in [1.807, 2.05) is 13.8 Å². The molecule has 16 heavy (non-hydrogen) atoms. The number of rotatable bonds is 7. The fourth-order valence-corrected chi connectivity index (χ4v) is 2.04. The van der Waals surface area contributed by atoms with Crippen molar-refractivity contribution < 1.29 is 19.8 Å². The van der Waals surface area contributed by atoms with Crippen LogP contribution in [0.4, 0.5) is 0 Å². The first-order chi connectivity index (χ1) is 6.95. The molecular weight excluding hydrogens is 235 g/mol. The predicted molar refractivity (Wildman–Crippen MR) is 63.8 cm³/mol. The summed E-state index contributed by atoms with van der Waals surface area (Å²) in [6, 6.07) is 0. The van der Waals surface area contributed by atoms with E-state index in [4.69, 9.17) is 10.2 Å². The van der Waals surface area contributed by atoms with E-state index in [0.717, 1.165) is 19.3 Å². The van der Waals surface area contributed by atoms with E-state index >= 15 is 0 Å². The first kappa shape index (κ1) is 18.9. The number of aliphatic carboxylic acids is 2. The Labute approximate surface area is 139 Å². The molecule has 2 unspecified atom stereocenters. The third kappa shape index (κ3) is 5.77. The van der Waals surface area contributed by atoms with E-state index in [1.165, 1.54) is 0 Å². The number of carboxylic acid groups (broad SMARTS) is 2. The molecule has 0 amide bonds. The van der Waals surface area contributed by atoms with Gasteiger partial charge in [-0.25, -0.2) is 0 Å². The number of carboxylic acids is 2. The molecule has 2 atom stereocenters. The second-order valence-electron chi connectivity index (χ2n) is 3.97. The number of hydrogen-bond acceptors (Lipinski definition) is 2. The predicted octanol–water partition coefficient (Wildman–Crippen LogP) is 1.59. The van der Waals surface area contributed by atoms with Crippen LogP contribution in [0, 0.1) is 17.8 Å². The zero-order chi connectivity index (χ0) is 12.0. The van der Waals surface area contributed by atoms with Crippen LogP contribution in [-0.4, -0.2) is 73.5 Å². The standard InChI is InChI=1S/C11H20O4.K.H/c1-4-6-8(5-2)7(3)9(10(12)13)11(14)15;;/h7-9H,4-6H2,1-3H3,(H,12,13)(H,14,15);;. The molecule has 0 aromatic carbocycles. The summed E-state index contributed by atoms with van der Waals surface area (Å²) >= 11 is 0. The van der Waals surface area contributed by atoms with Crippen molar-refractivity contribution in [2.75, 3.05) is 0 Å². The van der Waals surface area contributed by atoms with Gasteiger partial charge in [0.25, 0.3) is 0 Å². The van der Waals surface area contributed by atoms with Gasteiger partial charge in [0.1, 0.15) is 0 Å². The van der Waals surface area contributed by atoms with E-state index in [0.29, 0.717) is 0 Å². The summed E-state index contributed by atoms with van der Waals surface area (Å²) in [5.41, 5.74) is 0. The summed E-state index contributed by atoms with van der Waals surface area (Å²) < 4.78 is 0. The Kier molecular flexibility index (Phi) is 11.3. The Balaban J connectivity index is 0. The Hall–Kier alpha value is 0.576. The van der Waals surface area contributed by atoms with Gasteiger partial charge < -0.3 is 10.2 Å². The van der Waals surface area contributed by atoms with E-state index in [-0.39, 0.29) is 63.2 Å². The summed E-state index contributed by atoms with van der Waals surface area (Å²) in [5.74, 6) is -3.88. The Morgan fingerprint density at radius 2 is 1.56 bits per heavy atom. The molecule has 0 spiro atoms. The SMILES string of the molecule is CCCC(CC)C(C)C(C(=O)O)C(=O)O.[KH]. The van der Waals surface area contributed by atoms with Gasteiger partial charge in [0.05, 0.1) is 0 Å². The second kappa shape index (κ2) is 9.59. The summed E-state index contributed by atoms with van der Waals surface area (Å²) in [4.78, 5) is 21.7. The van der Waals surface area contributed by atoms with Crippen molar-refractivity contribution in [3.63, 3.8) is 0 Å². The van der Waals surface area contributed by atoms with Crippen LogP contribution in [0.5, 0.6) is 0 Å². The van der Waals surface area contributed by atoms with Gasteiger partial charge in [-0.1, -0.05) is 40.0 Å². The second-order valence-corrected chi connectivity index (χ2v) is 3.97. The van der Waals surface area contributed by atoms with Gasteiger partial charge in [-0.2, -0.15) is 0 Å². The van der Waals surface area contributed by atoms with E-state index in [9.17, 15) is 9.59 Å². The third-order valence-electron chi connectivity index (χ3n) is 2.99. The molecule has 0 aromatic rings. The molecule has 0 aliphatic heterocycles. The third-order valence-corrected chi connectivity index (χ3v) is 2.99. The molecule has 0 radical (unpaired) electrons. The molecule has 0 saturated carbocycles. The van der Waals surface area contributed by atoms with Gasteiger partial charge in [-0.3, -0.25) is 9.59 Å². The molecule has 0 saturated heterocycles. The summed E-state index contributed by atoms with van der Waals surface area (Å²) in [6.45, 7) is 5.71. The molecular formula is C11H21KO4. The molecule has 4 nitrogen and oxygen atoms in total. The molecule has 0 aromatic heterocycles. The van der Waals surface area contributed by atoms with Gasteiger partial charge in [0.15, 0.2) is 5.92 Å². The quantitative estimate of drug-likeness (QED) is 0.536. The minimum atomic E-state index is -1.28. The van der Waals surface area contributed by atoms with Crippen molar-refractivity contribution in [2.24, 2.45) is 17.8 Å². The fraction of sp³-hybridized carbons (Fsp3) is 0.818. The van der Waals surface area contributed by atoms with Crippen LogP contribution in [0.1, 0.15) is 40.0 Å². The van der Waals surface area contributed by atoms with Crippen molar-refractivity contribution in [2.45, 2.75) is 40.0 Å². The average Bonchev–Trinajstić information content (AvgIpc) is 2.12. The van der Waals surface area contributed by atoms with Crippen LogP contribution in [0.2, 0.25) is 0 Å². The molecule has 0 rings (SSSR count). The zero-order valence-corrected chi connectivity index (χ0v) is 9.56. The minimum absolute atomic E-state index is 0. The summed E-state index contributed by atoms with van der Waals surface area (Å²) in [6.07, 6.45) is 2.66. The van der Waals surface area contributed by atoms with E-state index in [1.54, 1.807) is 6.92 Å². The van der Waals surface area contributed by atoms with Crippen LogP contribution in [-0.2, 0) is 9.59 Å². The van der Waals surface area contributed by atoms with Gasteiger partial charge >= 0.3 is 63.3 Å². The maximum atomic E-state index is 10.8. The van der Waals surface area contributed by atoms with Crippen LogP contribution in [0.25, 0.3) is 0 Å². The molecule has 2 N–H and O–H groups in total. The fourth-order valence-electron chi connectivity index (χ4n) is 2.04. The van der Waals surface area contributed by atoms with Crippen molar-refractivity contribution in [1.29, 1.82) is 0 Å². The first-order valence-corrected chi connectivity index (χ1v) is 5.41. The van der Waals surface area contributed by atoms with Crippen LogP contribution in [0.3, 0.4) is 0 Å². The Morgan fingerprint density at radius 1 is 1.12 bits per heavy atom. The monoisotopic (exact) mass is 256 g/mol. The van der Waals surface area contributed by atoms with Gasteiger partial charge in [0, 0.05) is 0 Å². The summed E-state index contributed by atoms with van der Waals surface area (Å²) in [5, 5.41) is 17.7. The molecule has 5 heteroatoms. The van der Waals surface area contributed by atoms with E-state index < -0.39 is 17.9 Å². The first-order valence-electron chi connectivity index (χ1n) is 5.41. The molecule has 0 heterocycles. The molecule has 0 bridgehead atoms. The normalized spacial score (nSPS) is 14.0. The molecule has 0 aliphatic rings. The zero-order valence-electron chi connectivity index (χ0n) is 9.56. The van der Waals surface area contributed by atoms with Gasteiger partial charge in [0.2, 0.25) is 0 Å². The van der Waals surface area contributed by atoms with Crippen LogP contribution < -0.4 is 0 Å².